The first kappa shape index (κ1) is 33.6. The van der Waals surface area contributed by atoms with Gasteiger partial charge in [-0.15, -0.1) is 0 Å². The highest BCUT2D eigenvalue weighted by molar-refractivity contribution is 5.52. The predicted molar refractivity (Wildman–Crippen MR) is 147 cm³/mol. The Hall–Kier alpha value is -3.78. The Bertz CT molecular complexity index is 1370. The summed E-state index contributed by atoms with van der Waals surface area (Å²) in [4.78, 5) is 0. The number of benzene rings is 3. The van der Waals surface area contributed by atoms with Gasteiger partial charge in [-0.3, -0.25) is 0 Å². The topological polar surface area (TPSA) is 62.0 Å². The number of ether oxygens (including phenoxy) is 6. The van der Waals surface area contributed by atoms with Crippen LogP contribution in [0.15, 0.2) is 48.5 Å². The smallest absolute Gasteiger partial charge is 0.420 e. The van der Waals surface area contributed by atoms with Gasteiger partial charge in [0.15, 0.2) is 0 Å². The molecule has 2 atom stereocenters. The summed E-state index contributed by atoms with van der Waals surface area (Å²) >= 11 is 0. The van der Waals surface area contributed by atoms with Crippen LogP contribution in [0.2, 0.25) is 0 Å². The molecule has 3 aromatic carbocycles. The summed E-state index contributed by atoms with van der Waals surface area (Å²) in [6.07, 6.45) is -10.8. The van der Waals surface area contributed by atoms with Crippen molar-refractivity contribution in [2.45, 2.75) is 50.2 Å². The Morgan fingerprint density at radius 3 is 1.30 bits per heavy atom. The van der Waals surface area contributed by atoms with Crippen molar-refractivity contribution in [1.29, 1.82) is 0 Å². The fraction of sp³-hybridized carbons (Fsp3) is 0.438. The maximum absolute atomic E-state index is 14.4. The van der Waals surface area contributed by atoms with E-state index in [9.17, 15) is 35.1 Å². The van der Waals surface area contributed by atoms with Crippen molar-refractivity contribution in [2.24, 2.45) is 0 Å². The summed E-state index contributed by atoms with van der Waals surface area (Å²) in [5.41, 5.74) is -3.57. The van der Waals surface area contributed by atoms with E-state index in [0.717, 1.165) is 12.1 Å². The van der Waals surface area contributed by atoms with Gasteiger partial charge >= 0.3 is 12.4 Å². The molecule has 0 aromatic heterocycles. The summed E-state index contributed by atoms with van der Waals surface area (Å²) in [5.74, 6) is -2.68. The molecule has 0 radical (unpaired) electrons. The minimum atomic E-state index is -5.44. The number of alkyl halides is 6. The van der Waals surface area contributed by atoms with Crippen molar-refractivity contribution in [3.63, 3.8) is 0 Å². The van der Waals surface area contributed by atoms with Crippen LogP contribution in [-0.4, -0.2) is 51.8 Å². The van der Waals surface area contributed by atoms with Crippen molar-refractivity contribution in [1.82, 2.24) is 0 Å². The van der Waals surface area contributed by atoms with E-state index in [0.29, 0.717) is 13.2 Å². The van der Waals surface area contributed by atoms with Gasteiger partial charge in [0.05, 0.1) is 26.4 Å². The van der Waals surface area contributed by atoms with E-state index in [2.05, 4.69) is 0 Å². The van der Waals surface area contributed by atoms with Gasteiger partial charge < -0.3 is 28.4 Å². The van der Waals surface area contributed by atoms with E-state index < -0.39 is 59.8 Å². The third-order valence-electron chi connectivity index (χ3n) is 7.12. The molecule has 2 unspecified atom stereocenters. The fourth-order valence-corrected chi connectivity index (χ4v) is 4.61. The van der Waals surface area contributed by atoms with Crippen LogP contribution in [-0.2, 0) is 34.7 Å². The van der Waals surface area contributed by atoms with E-state index in [-0.39, 0.29) is 73.7 Å². The molecule has 2 saturated heterocycles. The Labute approximate surface area is 259 Å². The maximum atomic E-state index is 14.4. The number of aryl methyl sites for hydroxylation is 2. The van der Waals surface area contributed by atoms with Crippen LogP contribution in [0, 0.1) is 11.6 Å². The van der Waals surface area contributed by atoms with E-state index in [1.165, 1.54) is 36.4 Å². The number of halogens is 8. The quantitative estimate of drug-likeness (QED) is 0.0896. The number of epoxide rings is 2. The molecule has 2 heterocycles. The van der Waals surface area contributed by atoms with Gasteiger partial charge in [-0.05, 0) is 61.1 Å². The highest BCUT2D eigenvalue weighted by Crippen LogP contribution is 2.49. The Morgan fingerprint density at radius 2 is 0.978 bits per heavy atom. The van der Waals surface area contributed by atoms with Gasteiger partial charge in [0, 0.05) is 12.1 Å². The lowest BCUT2D eigenvalue weighted by Crippen LogP contribution is -2.20. The normalized spacial score (nSPS) is 17.5. The van der Waals surface area contributed by atoms with E-state index >= 15 is 0 Å². The Balaban J connectivity index is 1.19. The zero-order valence-electron chi connectivity index (χ0n) is 24.3. The molecular weight excluding hydrogens is 632 g/mol. The van der Waals surface area contributed by atoms with Crippen molar-refractivity contribution in [3.05, 3.63) is 82.4 Å². The van der Waals surface area contributed by atoms with Crippen LogP contribution in [0.1, 0.15) is 35.1 Å². The molecule has 2 fully saturated rings. The molecule has 6 nitrogen and oxygen atoms in total. The number of hydrogen-bond donors (Lipinski definition) is 0. The van der Waals surface area contributed by atoms with Crippen molar-refractivity contribution < 1.29 is 63.5 Å². The zero-order valence-corrected chi connectivity index (χ0v) is 24.3. The number of rotatable bonds is 16. The molecule has 0 N–H and O–H groups in total. The van der Waals surface area contributed by atoms with E-state index in [4.69, 9.17) is 28.4 Å². The SMILES string of the molecule is Fc1cc(OCC2CO2)ccc1CCCOc1ccc(OCCCc2ccc(OCC3CO3)cc2F)c(C(F)(F)F)c1C(F)(F)F. The predicted octanol–water partition coefficient (Wildman–Crippen LogP) is 7.58. The largest absolute Gasteiger partial charge is 0.493 e. The molecule has 0 spiro atoms. The lowest BCUT2D eigenvalue weighted by Gasteiger charge is -2.22. The molecule has 0 saturated carbocycles. The van der Waals surface area contributed by atoms with Crippen LogP contribution in [0.4, 0.5) is 35.1 Å². The van der Waals surface area contributed by atoms with E-state index in [1.54, 1.807) is 0 Å². The summed E-state index contributed by atoms with van der Waals surface area (Å²) in [6, 6.07) is 9.83. The summed E-state index contributed by atoms with van der Waals surface area (Å²) in [6.45, 7) is 0.868. The van der Waals surface area contributed by atoms with Crippen LogP contribution >= 0.6 is 0 Å². The molecule has 5 rings (SSSR count). The van der Waals surface area contributed by atoms with E-state index in [1.807, 2.05) is 0 Å². The van der Waals surface area contributed by atoms with Crippen LogP contribution < -0.4 is 18.9 Å². The van der Waals surface area contributed by atoms with Crippen molar-refractivity contribution in [2.75, 3.05) is 39.6 Å². The van der Waals surface area contributed by atoms with Crippen molar-refractivity contribution >= 4 is 0 Å². The molecular formula is C32H30F8O6. The second-order valence-electron chi connectivity index (χ2n) is 10.8. The van der Waals surface area contributed by atoms with Gasteiger partial charge in [0.2, 0.25) is 0 Å². The monoisotopic (exact) mass is 662 g/mol. The molecule has 46 heavy (non-hydrogen) atoms. The second kappa shape index (κ2) is 14.3. The molecule has 3 aromatic rings. The minimum Gasteiger partial charge on any atom is -0.493 e. The molecule has 2 aliphatic rings. The van der Waals surface area contributed by atoms with Crippen LogP contribution in [0.3, 0.4) is 0 Å². The zero-order chi connectivity index (χ0) is 32.9. The summed E-state index contributed by atoms with van der Waals surface area (Å²) in [5, 5.41) is 0. The third-order valence-corrected chi connectivity index (χ3v) is 7.12. The molecule has 0 amide bonds. The fourth-order valence-electron chi connectivity index (χ4n) is 4.61. The molecule has 0 aliphatic carbocycles. The highest BCUT2D eigenvalue weighted by Gasteiger charge is 2.48. The van der Waals surface area contributed by atoms with Crippen LogP contribution in [0.25, 0.3) is 0 Å². The molecule has 0 bridgehead atoms. The molecule has 14 heteroatoms. The molecule has 2 aliphatic heterocycles. The highest BCUT2D eigenvalue weighted by atomic mass is 19.4. The third kappa shape index (κ3) is 9.38. The van der Waals surface area contributed by atoms with Gasteiger partial charge in [0.1, 0.15) is 71.2 Å². The van der Waals surface area contributed by atoms with Crippen molar-refractivity contribution in [3.8, 4) is 23.0 Å². The molecule has 250 valence electrons. The Kier molecular flexibility index (Phi) is 10.5. The van der Waals surface area contributed by atoms with Gasteiger partial charge in [0.25, 0.3) is 0 Å². The maximum Gasteiger partial charge on any atom is 0.420 e. The first-order chi connectivity index (χ1) is 21.9. The van der Waals surface area contributed by atoms with Gasteiger partial charge in [-0.25, -0.2) is 8.78 Å². The standard InChI is InChI=1S/C32H30F8O6/c33-25-13-21(43-15-23-17-45-23)7-5-19(25)3-1-11-41-27-9-10-28(30(32(38,39)40)29(27)31(35,36)37)42-12-2-4-20-6-8-22(14-26(20)34)44-16-24-18-46-24/h5-10,13-14,23-24H,1-4,11-12,15-18H2. The number of hydrogen-bond acceptors (Lipinski definition) is 6. The average Bonchev–Trinajstić information content (AvgIpc) is 3.92. The first-order valence-electron chi connectivity index (χ1n) is 14.5. The van der Waals surface area contributed by atoms with Gasteiger partial charge in [-0.2, -0.15) is 26.3 Å². The first-order valence-corrected chi connectivity index (χ1v) is 14.5. The lowest BCUT2D eigenvalue weighted by atomic mass is 10.0. The average molecular weight is 663 g/mol. The summed E-state index contributed by atoms with van der Waals surface area (Å²) in [7, 11) is 0. The van der Waals surface area contributed by atoms with Gasteiger partial charge in [-0.1, -0.05) is 12.1 Å². The summed E-state index contributed by atoms with van der Waals surface area (Å²) < 4.78 is 144. The lowest BCUT2D eigenvalue weighted by molar-refractivity contribution is -0.164. The second-order valence-corrected chi connectivity index (χ2v) is 10.8. The van der Waals surface area contributed by atoms with Crippen LogP contribution in [0.5, 0.6) is 23.0 Å². The Morgan fingerprint density at radius 1 is 0.587 bits per heavy atom. The minimum absolute atomic E-state index is 0.0164.